The minimum absolute atomic E-state index is 0. The average Bonchev–Trinajstić information content (AvgIpc) is 2.80. The maximum atomic E-state index is 13.1. The summed E-state index contributed by atoms with van der Waals surface area (Å²) in [5.41, 5.74) is 10.1. The molecule has 0 spiro atoms. The lowest BCUT2D eigenvalue weighted by Gasteiger charge is -2.43. The molecule has 2 N–H and O–H groups in total. The van der Waals surface area contributed by atoms with E-state index in [1.165, 1.54) is 0 Å². The number of hydrogen-bond donors (Lipinski definition) is 1. The summed E-state index contributed by atoms with van der Waals surface area (Å²) in [6.45, 7) is 1.88. The summed E-state index contributed by atoms with van der Waals surface area (Å²) >= 11 is 0. The topological polar surface area (TPSA) is 94.1 Å². The molecule has 1 fully saturated rings. The monoisotopic (exact) mass is 451 g/mol. The van der Waals surface area contributed by atoms with E-state index in [1.807, 2.05) is 33.7 Å². The van der Waals surface area contributed by atoms with Crippen LogP contribution in [0.4, 0.5) is 0 Å². The molecule has 5 rings (SSSR count). The fourth-order valence-electron chi connectivity index (χ4n) is 4.93. The van der Waals surface area contributed by atoms with Gasteiger partial charge in [-0.2, -0.15) is 0 Å². The predicted octanol–water partition coefficient (Wildman–Crippen LogP) is 2.24. The van der Waals surface area contributed by atoms with Crippen LogP contribution in [0, 0.1) is 5.92 Å². The van der Waals surface area contributed by atoms with Gasteiger partial charge in [-0.1, -0.05) is 6.07 Å². The molecule has 166 valence electrons. The van der Waals surface area contributed by atoms with Gasteiger partial charge >= 0.3 is 0 Å². The Hall–Kier alpha value is -3.03. The molecule has 0 unspecified atom stereocenters. The normalized spacial score (nSPS) is 20.1. The summed E-state index contributed by atoms with van der Waals surface area (Å²) in [7, 11) is 0. The van der Waals surface area contributed by atoms with E-state index in [-0.39, 0.29) is 35.7 Å². The van der Waals surface area contributed by atoms with Gasteiger partial charge < -0.3 is 15.2 Å². The first-order chi connectivity index (χ1) is 15.1. The number of hydrogen-bond acceptors (Lipinski definition) is 5. The lowest BCUT2D eigenvalue weighted by atomic mass is 9.82. The third kappa shape index (κ3) is 4.31. The molecule has 8 heteroatoms. The van der Waals surface area contributed by atoms with E-state index in [1.54, 1.807) is 30.9 Å². The van der Waals surface area contributed by atoms with E-state index in [9.17, 15) is 9.59 Å². The van der Waals surface area contributed by atoms with Crippen LogP contribution < -0.4 is 11.3 Å². The quantitative estimate of drug-likeness (QED) is 0.656. The van der Waals surface area contributed by atoms with Gasteiger partial charge in [0.2, 0.25) is 5.91 Å². The van der Waals surface area contributed by atoms with Crippen LogP contribution in [0.2, 0.25) is 0 Å². The van der Waals surface area contributed by atoms with Crippen LogP contribution in [-0.4, -0.2) is 44.5 Å². The second kappa shape index (κ2) is 9.22. The van der Waals surface area contributed by atoms with Crippen molar-refractivity contribution >= 4 is 18.3 Å². The molecule has 7 nitrogen and oxygen atoms in total. The maximum absolute atomic E-state index is 13.1. The van der Waals surface area contributed by atoms with E-state index >= 15 is 0 Å². The van der Waals surface area contributed by atoms with Gasteiger partial charge in [0.1, 0.15) is 0 Å². The number of pyridine rings is 3. The molecule has 2 aliphatic heterocycles. The highest BCUT2D eigenvalue weighted by atomic mass is 35.5. The minimum Gasteiger partial charge on any atom is -0.340 e. The van der Waals surface area contributed by atoms with Gasteiger partial charge in [-0.3, -0.25) is 19.6 Å². The van der Waals surface area contributed by atoms with E-state index < -0.39 is 6.04 Å². The predicted molar refractivity (Wildman–Crippen MR) is 125 cm³/mol. The molecule has 1 saturated heterocycles. The lowest BCUT2D eigenvalue weighted by Crippen LogP contribution is -2.53. The van der Waals surface area contributed by atoms with E-state index in [2.05, 4.69) is 16.0 Å². The number of likely N-dealkylation sites (tertiary alicyclic amines) is 1. The summed E-state index contributed by atoms with van der Waals surface area (Å²) in [5, 5.41) is 0. The average molecular weight is 452 g/mol. The van der Waals surface area contributed by atoms with Crippen LogP contribution in [-0.2, 0) is 17.8 Å². The van der Waals surface area contributed by atoms with Crippen molar-refractivity contribution in [2.75, 3.05) is 13.1 Å². The van der Waals surface area contributed by atoms with Gasteiger partial charge in [-0.15, -0.1) is 12.4 Å². The third-order valence-electron chi connectivity index (χ3n) is 6.39. The van der Waals surface area contributed by atoms with Crippen molar-refractivity contribution < 1.29 is 4.79 Å². The molecule has 5 heterocycles. The molecular weight excluding hydrogens is 426 g/mol. The Kier molecular flexibility index (Phi) is 6.39. The maximum Gasteiger partial charge on any atom is 0.251 e. The molecule has 1 amide bonds. The summed E-state index contributed by atoms with van der Waals surface area (Å²) in [6.07, 6.45) is 8.40. The minimum atomic E-state index is -0.579. The molecular formula is C24H26ClN5O2. The van der Waals surface area contributed by atoms with Crippen molar-refractivity contribution in [3.63, 3.8) is 0 Å². The first-order valence-corrected chi connectivity index (χ1v) is 10.7. The standard InChI is InChI=1S/C24H25N5O2.ClH/c25-21(9-16-3-6-26-7-4-16)24(31)28-13-17-8-20(15-28)22-10-19(11-23(30)29(22)14-17)18-2-1-5-27-12-18;/h1-7,10-12,17,20-21H,8-9,13-15,25H2;1H/t17-,20+,21+;/m0./s1. The summed E-state index contributed by atoms with van der Waals surface area (Å²) in [6, 6.07) is 10.8. The molecule has 0 aromatic carbocycles. The molecule has 2 aliphatic rings. The highest BCUT2D eigenvalue weighted by Crippen LogP contribution is 2.36. The Balaban J connectivity index is 0.00000245. The Morgan fingerprint density at radius 3 is 2.62 bits per heavy atom. The van der Waals surface area contributed by atoms with Gasteiger partial charge in [-0.05, 0) is 54.2 Å². The van der Waals surface area contributed by atoms with Crippen LogP contribution >= 0.6 is 12.4 Å². The number of fused-ring (bicyclic) bond motifs is 4. The number of halogens is 1. The molecule has 32 heavy (non-hydrogen) atoms. The van der Waals surface area contributed by atoms with E-state index in [0.29, 0.717) is 26.1 Å². The van der Waals surface area contributed by atoms with Gasteiger partial charge in [0.25, 0.3) is 5.56 Å². The zero-order valence-electron chi connectivity index (χ0n) is 17.6. The Morgan fingerprint density at radius 2 is 1.88 bits per heavy atom. The zero-order chi connectivity index (χ0) is 21.4. The van der Waals surface area contributed by atoms with Crippen LogP contribution in [0.25, 0.3) is 11.1 Å². The molecule has 0 saturated carbocycles. The van der Waals surface area contributed by atoms with Gasteiger partial charge in [-0.25, -0.2) is 0 Å². The second-order valence-electron chi connectivity index (χ2n) is 8.57. The number of rotatable bonds is 4. The van der Waals surface area contributed by atoms with Crippen molar-refractivity contribution in [3.05, 3.63) is 82.8 Å². The van der Waals surface area contributed by atoms with Crippen molar-refractivity contribution in [1.29, 1.82) is 0 Å². The van der Waals surface area contributed by atoms with Crippen molar-refractivity contribution in [2.45, 2.75) is 31.3 Å². The van der Waals surface area contributed by atoms with Gasteiger partial charge in [0.15, 0.2) is 0 Å². The number of nitrogens with two attached hydrogens (primary N) is 1. The molecule has 3 aromatic rings. The van der Waals surface area contributed by atoms with E-state index in [4.69, 9.17) is 5.73 Å². The summed E-state index contributed by atoms with van der Waals surface area (Å²) in [4.78, 5) is 36.1. The first-order valence-electron chi connectivity index (χ1n) is 10.7. The third-order valence-corrected chi connectivity index (χ3v) is 6.39. The molecule has 0 aliphatic carbocycles. The second-order valence-corrected chi connectivity index (χ2v) is 8.57. The number of carbonyl (C=O) groups excluding carboxylic acids is 1. The highest BCUT2D eigenvalue weighted by molar-refractivity contribution is 5.85. The first kappa shape index (κ1) is 22.2. The Morgan fingerprint density at radius 1 is 1.06 bits per heavy atom. The van der Waals surface area contributed by atoms with Crippen LogP contribution in [0.15, 0.2) is 66.0 Å². The molecule has 0 radical (unpaired) electrons. The number of carbonyl (C=O) groups is 1. The fraction of sp³-hybridized carbons (Fsp3) is 0.333. The lowest BCUT2D eigenvalue weighted by molar-refractivity contribution is -0.135. The largest absolute Gasteiger partial charge is 0.340 e. The van der Waals surface area contributed by atoms with Gasteiger partial charge in [0, 0.05) is 67.7 Å². The number of piperidine rings is 1. The van der Waals surface area contributed by atoms with Crippen LogP contribution in [0.3, 0.4) is 0 Å². The smallest absolute Gasteiger partial charge is 0.251 e. The van der Waals surface area contributed by atoms with Crippen molar-refractivity contribution in [1.82, 2.24) is 19.4 Å². The molecule has 2 bridgehead atoms. The molecule has 3 atom stereocenters. The Bertz CT molecular complexity index is 1150. The van der Waals surface area contributed by atoms with Crippen LogP contribution in [0.5, 0.6) is 0 Å². The summed E-state index contributed by atoms with van der Waals surface area (Å²) < 4.78 is 1.89. The SMILES string of the molecule is Cl.N[C@H](Cc1ccncc1)C(=O)N1C[C@@H]2C[C@H](C1)c1cc(-c3cccnc3)cc(=O)n1C2. The van der Waals surface area contributed by atoms with Crippen molar-refractivity contribution in [2.24, 2.45) is 11.7 Å². The van der Waals surface area contributed by atoms with Gasteiger partial charge in [0.05, 0.1) is 6.04 Å². The Labute approximate surface area is 192 Å². The number of aromatic nitrogens is 3. The van der Waals surface area contributed by atoms with Crippen molar-refractivity contribution in [3.8, 4) is 11.1 Å². The number of nitrogens with zero attached hydrogens (tertiary/aromatic N) is 4. The highest BCUT2D eigenvalue weighted by Gasteiger charge is 2.37. The fourth-order valence-corrected chi connectivity index (χ4v) is 4.93. The zero-order valence-corrected chi connectivity index (χ0v) is 18.4. The number of amides is 1. The van der Waals surface area contributed by atoms with Crippen LogP contribution in [0.1, 0.15) is 23.6 Å². The molecule has 3 aromatic heterocycles. The summed E-state index contributed by atoms with van der Waals surface area (Å²) in [5.74, 6) is 0.380. The van der Waals surface area contributed by atoms with E-state index in [0.717, 1.165) is 28.8 Å².